The molecule has 88 valence electrons. The highest BCUT2D eigenvalue weighted by molar-refractivity contribution is 9.10. The molecule has 0 bridgehead atoms. The molecule has 1 atom stereocenters. The van der Waals surface area contributed by atoms with Crippen molar-refractivity contribution in [2.45, 2.75) is 25.4 Å². The largest absolute Gasteiger partial charge is 0.452 e. The smallest absolute Gasteiger partial charge is 0.239 e. The summed E-state index contributed by atoms with van der Waals surface area (Å²) in [7, 11) is 1.80. The van der Waals surface area contributed by atoms with Crippen LogP contribution in [0.4, 0.5) is 0 Å². The number of likely N-dealkylation sites (N-methyl/N-ethyl adjacent to an activating group) is 1. The van der Waals surface area contributed by atoms with Gasteiger partial charge in [0.05, 0.1) is 12.6 Å². The van der Waals surface area contributed by atoms with Gasteiger partial charge in [-0.2, -0.15) is 0 Å². The number of hydrogen-bond donors (Lipinski definition) is 1. The van der Waals surface area contributed by atoms with Crippen LogP contribution in [0.1, 0.15) is 18.6 Å². The number of hydrogen-bond acceptors (Lipinski definition) is 3. The molecule has 1 aromatic rings. The number of amides is 1. The third kappa shape index (κ3) is 2.65. The summed E-state index contributed by atoms with van der Waals surface area (Å²) in [6.07, 6.45) is 2.02. The number of halogens is 1. The summed E-state index contributed by atoms with van der Waals surface area (Å²) in [5, 5.41) is 3.20. The Morgan fingerprint density at radius 3 is 3.06 bits per heavy atom. The average Bonchev–Trinajstić information content (AvgIpc) is 2.88. The van der Waals surface area contributed by atoms with Crippen LogP contribution in [0.15, 0.2) is 21.2 Å². The van der Waals surface area contributed by atoms with Gasteiger partial charge in [-0.1, -0.05) is 0 Å². The Balaban J connectivity index is 1.91. The van der Waals surface area contributed by atoms with Gasteiger partial charge in [-0.3, -0.25) is 4.79 Å². The normalized spacial score (nSPS) is 20.0. The number of rotatable bonds is 3. The van der Waals surface area contributed by atoms with Crippen molar-refractivity contribution < 1.29 is 9.21 Å². The molecule has 1 aliphatic heterocycles. The molecule has 0 saturated carbocycles. The average molecular weight is 287 g/mol. The minimum atomic E-state index is -0.0107. The van der Waals surface area contributed by atoms with E-state index in [0.717, 1.165) is 25.1 Å². The minimum Gasteiger partial charge on any atom is -0.452 e. The molecule has 0 aromatic carbocycles. The van der Waals surface area contributed by atoms with Crippen LogP contribution in [0.3, 0.4) is 0 Å². The van der Waals surface area contributed by atoms with Crippen LogP contribution in [0, 0.1) is 0 Å². The topological polar surface area (TPSA) is 45.5 Å². The van der Waals surface area contributed by atoms with Gasteiger partial charge in [0.15, 0.2) is 4.67 Å². The molecule has 1 aliphatic rings. The van der Waals surface area contributed by atoms with Gasteiger partial charge < -0.3 is 14.6 Å². The number of nitrogens with one attached hydrogen (secondary N) is 1. The fraction of sp³-hybridized carbons (Fsp3) is 0.545. The first-order valence-electron chi connectivity index (χ1n) is 5.39. The summed E-state index contributed by atoms with van der Waals surface area (Å²) >= 11 is 3.24. The Morgan fingerprint density at radius 2 is 2.50 bits per heavy atom. The number of carbonyl (C=O) groups is 1. The van der Waals surface area contributed by atoms with E-state index in [1.54, 1.807) is 11.9 Å². The van der Waals surface area contributed by atoms with Gasteiger partial charge in [0.2, 0.25) is 5.91 Å². The first kappa shape index (κ1) is 11.7. The van der Waals surface area contributed by atoms with Crippen molar-refractivity contribution in [1.82, 2.24) is 10.2 Å². The summed E-state index contributed by atoms with van der Waals surface area (Å²) in [5.41, 5.74) is 0. The van der Waals surface area contributed by atoms with Crippen LogP contribution >= 0.6 is 15.9 Å². The maximum atomic E-state index is 12.0. The summed E-state index contributed by atoms with van der Waals surface area (Å²) in [5.74, 6) is 0.936. The van der Waals surface area contributed by atoms with Gasteiger partial charge in [0.25, 0.3) is 0 Å². The molecule has 0 spiro atoms. The molecule has 2 heterocycles. The quantitative estimate of drug-likeness (QED) is 0.921. The number of furan rings is 1. The lowest BCUT2D eigenvalue weighted by atomic mass is 10.2. The van der Waals surface area contributed by atoms with Gasteiger partial charge in [0.1, 0.15) is 5.76 Å². The zero-order chi connectivity index (χ0) is 11.5. The van der Waals surface area contributed by atoms with Crippen LogP contribution in [0.5, 0.6) is 0 Å². The Hall–Kier alpha value is -0.810. The molecule has 16 heavy (non-hydrogen) atoms. The Kier molecular flexibility index (Phi) is 3.66. The van der Waals surface area contributed by atoms with Crippen LogP contribution in [-0.4, -0.2) is 30.4 Å². The highest BCUT2D eigenvalue weighted by atomic mass is 79.9. The summed E-state index contributed by atoms with van der Waals surface area (Å²) < 4.78 is 6.07. The lowest BCUT2D eigenvalue weighted by Gasteiger charge is -2.19. The van der Waals surface area contributed by atoms with Gasteiger partial charge in [0, 0.05) is 7.05 Å². The first-order chi connectivity index (χ1) is 7.66. The molecule has 1 fully saturated rings. The second kappa shape index (κ2) is 5.01. The standard InChI is InChI=1S/C11H15BrN2O2/c1-14(7-8-4-5-10(12)16-8)11(15)9-3-2-6-13-9/h4-5,9,13H,2-3,6-7H2,1H3/t9-/m0/s1. The summed E-state index contributed by atoms with van der Waals surface area (Å²) in [6, 6.07) is 3.70. The Labute approximate surface area is 103 Å². The van der Waals surface area contributed by atoms with Crippen LogP contribution < -0.4 is 5.32 Å². The zero-order valence-corrected chi connectivity index (χ0v) is 10.8. The molecule has 2 rings (SSSR count). The monoisotopic (exact) mass is 286 g/mol. The van der Waals surface area contributed by atoms with Crippen molar-refractivity contribution in [3.05, 3.63) is 22.6 Å². The summed E-state index contributed by atoms with van der Waals surface area (Å²) in [6.45, 7) is 1.46. The van der Waals surface area contributed by atoms with E-state index in [4.69, 9.17) is 4.42 Å². The molecule has 1 N–H and O–H groups in total. The lowest BCUT2D eigenvalue weighted by Crippen LogP contribution is -2.41. The molecule has 1 saturated heterocycles. The highest BCUT2D eigenvalue weighted by Crippen LogP contribution is 2.16. The number of carbonyl (C=O) groups excluding carboxylic acids is 1. The molecule has 5 heteroatoms. The van der Waals surface area contributed by atoms with E-state index < -0.39 is 0 Å². The van der Waals surface area contributed by atoms with E-state index in [2.05, 4.69) is 21.2 Å². The van der Waals surface area contributed by atoms with Crippen LogP contribution in [0.2, 0.25) is 0 Å². The predicted octanol–water partition coefficient (Wildman–Crippen LogP) is 1.75. The third-order valence-electron chi connectivity index (χ3n) is 2.76. The fourth-order valence-corrected chi connectivity index (χ4v) is 2.25. The van der Waals surface area contributed by atoms with E-state index in [0.29, 0.717) is 11.2 Å². The SMILES string of the molecule is CN(Cc1ccc(Br)o1)C(=O)[C@@H]1CCCN1. The second-order valence-electron chi connectivity index (χ2n) is 4.05. The lowest BCUT2D eigenvalue weighted by molar-refractivity contribution is -0.132. The van der Waals surface area contributed by atoms with Crippen molar-refractivity contribution in [3.63, 3.8) is 0 Å². The predicted molar refractivity (Wildman–Crippen MR) is 63.9 cm³/mol. The van der Waals surface area contributed by atoms with E-state index in [1.165, 1.54) is 0 Å². The van der Waals surface area contributed by atoms with Gasteiger partial charge in [-0.15, -0.1) is 0 Å². The summed E-state index contributed by atoms with van der Waals surface area (Å²) in [4.78, 5) is 13.7. The third-order valence-corrected chi connectivity index (χ3v) is 3.18. The fourth-order valence-electron chi connectivity index (χ4n) is 1.91. The molecule has 0 aliphatic carbocycles. The van der Waals surface area contributed by atoms with E-state index >= 15 is 0 Å². The maximum absolute atomic E-state index is 12.0. The Morgan fingerprint density at radius 1 is 1.69 bits per heavy atom. The Bertz CT molecular complexity index is 372. The van der Waals surface area contributed by atoms with Gasteiger partial charge in [-0.25, -0.2) is 0 Å². The van der Waals surface area contributed by atoms with E-state index in [-0.39, 0.29) is 11.9 Å². The molecule has 0 unspecified atom stereocenters. The van der Waals surface area contributed by atoms with Crippen LogP contribution in [0.25, 0.3) is 0 Å². The van der Waals surface area contributed by atoms with Gasteiger partial charge in [-0.05, 0) is 47.4 Å². The molecular formula is C11H15BrN2O2. The zero-order valence-electron chi connectivity index (χ0n) is 9.20. The second-order valence-corrected chi connectivity index (χ2v) is 4.83. The van der Waals surface area contributed by atoms with Gasteiger partial charge >= 0.3 is 0 Å². The van der Waals surface area contributed by atoms with E-state index in [9.17, 15) is 4.79 Å². The minimum absolute atomic E-state index is 0.0107. The van der Waals surface area contributed by atoms with Crippen LogP contribution in [-0.2, 0) is 11.3 Å². The van der Waals surface area contributed by atoms with Crippen molar-refractivity contribution >= 4 is 21.8 Å². The number of nitrogens with zero attached hydrogens (tertiary/aromatic N) is 1. The molecule has 0 radical (unpaired) electrons. The molecule has 1 aromatic heterocycles. The molecule has 4 nitrogen and oxygen atoms in total. The first-order valence-corrected chi connectivity index (χ1v) is 6.18. The van der Waals surface area contributed by atoms with Crippen molar-refractivity contribution in [3.8, 4) is 0 Å². The van der Waals surface area contributed by atoms with Crippen molar-refractivity contribution in [2.24, 2.45) is 0 Å². The molecule has 1 amide bonds. The van der Waals surface area contributed by atoms with Crippen molar-refractivity contribution in [1.29, 1.82) is 0 Å². The maximum Gasteiger partial charge on any atom is 0.239 e. The van der Waals surface area contributed by atoms with E-state index in [1.807, 2.05) is 12.1 Å². The highest BCUT2D eigenvalue weighted by Gasteiger charge is 2.25. The van der Waals surface area contributed by atoms with Crippen molar-refractivity contribution in [2.75, 3.05) is 13.6 Å². The molecular weight excluding hydrogens is 272 g/mol.